The largest absolute Gasteiger partial charge is 0.395 e. The van der Waals surface area contributed by atoms with Crippen molar-refractivity contribution < 1.29 is 18.0 Å². The number of likely N-dealkylation sites (N-methyl/N-ethyl adjacent to an activating group) is 1. The van der Waals surface area contributed by atoms with E-state index in [1.54, 1.807) is 25.4 Å². The van der Waals surface area contributed by atoms with Crippen molar-refractivity contribution >= 4 is 16.8 Å². The molecular weight excluding hydrogens is 443 g/mol. The predicted molar refractivity (Wildman–Crippen MR) is 124 cm³/mol. The van der Waals surface area contributed by atoms with Crippen LogP contribution < -0.4 is 5.32 Å². The molecule has 1 aliphatic rings. The number of rotatable bonds is 9. The van der Waals surface area contributed by atoms with E-state index in [9.17, 15) is 18.0 Å². The molecule has 4 rings (SSSR count). The van der Waals surface area contributed by atoms with E-state index in [1.165, 1.54) is 6.20 Å². The van der Waals surface area contributed by atoms with E-state index >= 15 is 0 Å². The van der Waals surface area contributed by atoms with Crippen LogP contribution in [0.15, 0.2) is 42.9 Å². The molecule has 3 aromatic rings. The molecule has 2 atom stereocenters. The Morgan fingerprint density at radius 3 is 2.62 bits per heavy atom. The summed E-state index contributed by atoms with van der Waals surface area (Å²) in [6.45, 7) is 2.14. The van der Waals surface area contributed by atoms with Gasteiger partial charge in [0.25, 0.3) is 0 Å². The molecule has 1 saturated carbocycles. The average Bonchev–Trinajstić information content (AvgIpc) is 3.46. The van der Waals surface area contributed by atoms with Crippen molar-refractivity contribution in [3.8, 4) is 0 Å². The van der Waals surface area contributed by atoms with E-state index < -0.39 is 17.5 Å². The Labute approximate surface area is 196 Å². The fraction of sp³-hybridized carbons (Fsp3) is 0.480. The van der Waals surface area contributed by atoms with E-state index in [0.29, 0.717) is 18.5 Å². The number of alkyl halides is 3. The second-order valence-electron chi connectivity index (χ2n) is 9.62. The van der Waals surface area contributed by atoms with Gasteiger partial charge in [-0.15, -0.1) is 0 Å². The normalized spacial score (nSPS) is 17.0. The van der Waals surface area contributed by atoms with Crippen LogP contribution in [0, 0.1) is 12.3 Å². The molecule has 34 heavy (non-hydrogen) atoms. The van der Waals surface area contributed by atoms with Gasteiger partial charge in [-0.2, -0.15) is 18.3 Å². The number of pyridine rings is 1. The van der Waals surface area contributed by atoms with E-state index in [4.69, 9.17) is 0 Å². The molecule has 2 N–H and O–H groups in total. The van der Waals surface area contributed by atoms with Gasteiger partial charge < -0.3 is 10.2 Å². The molecule has 1 amide bonds. The molecule has 1 aliphatic carbocycles. The Kier molecular flexibility index (Phi) is 6.66. The second kappa shape index (κ2) is 9.37. The number of hydrogen-bond acceptors (Lipinski definition) is 4. The minimum atomic E-state index is -4.36. The van der Waals surface area contributed by atoms with Crippen molar-refractivity contribution in [2.75, 3.05) is 20.6 Å². The molecule has 182 valence electrons. The first-order valence-corrected chi connectivity index (χ1v) is 11.4. The van der Waals surface area contributed by atoms with Gasteiger partial charge in [-0.25, -0.2) is 0 Å². The van der Waals surface area contributed by atoms with E-state index in [1.807, 2.05) is 31.1 Å². The summed E-state index contributed by atoms with van der Waals surface area (Å²) in [6.07, 6.45) is 1.03. The molecule has 0 saturated heterocycles. The van der Waals surface area contributed by atoms with Gasteiger partial charge in [0.2, 0.25) is 5.91 Å². The topological polar surface area (TPSA) is 73.9 Å². The molecule has 9 heteroatoms. The number of nitrogens with zero attached hydrogens (tertiary/aromatic N) is 3. The lowest BCUT2D eigenvalue weighted by Gasteiger charge is -2.30. The van der Waals surface area contributed by atoms with Crippen LogP contribution in [0.5, 0.6) is 0 Å². The van der Waals surface area contributed by atoms with Crippen molar-refractivity contribution in [3.05, 3.63) is 59.5 Å². The quantitative estimate of drug-likeness (QED) is 0.484. The lowest BCUT2D eigenvalue weighted by Crippen LogP contribution is -2.42. The maximum Gasteiger partial charge on any atom is 0.395 e. The zero-order valence-corrected chi connectivity index (χ0v) is 19.6. The maximum atomic E-state index is 14.0. The van der Waals surface area contributed by atoms with Gasteiger partial charge in [-0.05, 0) is 69.1 Å². The molecule has 2 aromatic heterocycles. The van der Waals surface area contributed by atoms with Crippen molar-refractivity contribution in [1.29, 1.82) is 0 Å². The van der Waals surface area contributed by atoms with Crippen molar-refractivity contribution in [2.45, 2.75) is 50.7 Å². The Morgan fingerprint density at radius 2 is 1.97 bits per heavy atom. The van der Waals surface area contributed by atoms with Crippen LogP contribution in [0.1, 0.15) is 41.9 Å². The molecule has 2 heterocycles. The van der Waals surface area contributed by atoms with Crippen LogP contribution in [0.4, 0.5) is 13.2 Å². The van der Waals surface area contributed by atoms with Crippen LogP contribution in [0.2, 0.25) is 0 Å². The second-order valence-corrected chi connectivity index (χ2v) is 9.62. The number of hydrogen-bond donors (Lipinski definition) is 2. The first-order chi connectivity index (χ1) is 16.1. The zero-order chi connectivity index (χ0) is 24.5. The van der Waals surface area contributed by atoms with E-state index in [-0.39, 0.29) is 31.2 Å². The highest BCUT2D eigenvalue weighted by Gasteiger charge is 2.67. The molecule has 1 fully saturated rings. The average molecular weight is 474 g/mol. The Bertz CT molecular complexity index is 1150. The minimum Gasteiger partial charge on any atom is -0.355 e. The number of H-pyrrole nitrogens is 1. The van der Waals surface area contributed by atoms with Crippen LogP contribution in [0.25, 0.3) is 10.9 Å². The van der Waals surface area contributed by atoms with Crippen molar-refractivity contribution in [1.82, 2.24) is 25.4 Å². The third-order valence-corrected chi connectivity index (χ3v) is 6.95. The standard InChI is InChI=1S/C25H30F3N5O/c1-16-8-18(13-29-12-16)21(24(6-7-24)25(26,27)28)11-23(34)30-15-20(33(2)3)10-17-4-5-22-19(9-17)14-31-32-22/h4-5,8-9,12-14,20-21H,6-7,10-11,15H2,1-3H3,(H,30,34)(H,31,32)/t20-,21-/m0/s1. The summed E-state index contributed by atoms with van der Waals surface area (Å²) in [5.41, 5.74) is 1.46. The molecule has 0 radical (unpaired) electrons. The number of aromatic nitrogens is 3. The Balaban J connectivity index is 1.45. The SMILES string of the molecule is Cc1cncc([C@H](CC(=O)NC[C@H](Cc2ccc3[nH]ncc3c2)N(C)C)C2(C(F)(F)F)CC2)c1. The molecule has 0 unspecified atom stereocenters. The van der Waals surface area contributed by atoms with Gasteiger partial charge >= 0.3 is 6.18 Å². The first-order valence-electron chi connectivity index (χ1n) is 11.4. The van der Waals surface area contributed by atoms with Gasteiger partial charge in [-0.3, -0.25) is 14.9 Å². The summed E-state index contributed by atoms with van der Waals surface area (Å²) in [5, 5.41) is 10.9. The van der Waals surface area contributed by atoms with Gasteiger partial charge in [0, 0.05) is 42.7 Å². The smallest absolute Gasteiger partial charge is 0.355 e. The minimum absolute atomic E-state index is 0.00936. The van der Waals surface area contributed by atoms with Crippen LogP contribution in [-0.4, -0.2) is 58.8 Å². The maximum absolute atomic E-state index is 14.0. The monoisotopic (exact) mass is 473 g/mol. The molecule has 0 bridgehead atoms. The highest BCUT2D eigenvalue weighted by atomic mass is 19.4. The van der Waals surface area contributed by atoms with Gasteiger partial charge in [0.15, 0.2) is 0 Å². The van der Waals surface area contributed by atoms with E-state index in [2.05, 4.69) is 26.6 Å². The van der Waals surface area contributed by atoms with Crippen LogP contribution in [0.3, 0.4) is 0 Å². The number of carbonyl (C=O) groups excluding carboxylic acids is 1. The first kappa shape index (κ1) is 24.2. The number of halogens is 3. The Hall–Kier alpha value is -2.94. The summed E-state index contributed by atoms with van der Waals surface area (Å²) in [4.78, 5) is 19.0. The third kappa shape index (κ3) is 5.09. The third-order valence-electron chi connectivity index (χ3n) is 6.95. The van der Waals surface area contributed by atoms with E-state index in [0.717, 1.165) is 22.0 Å². The number of carbonyl (C=O) groups is 1. The molecule has 1 aromatic carbocycles. The zero-order valence-electron chi connectivity index (χ0n) is 19.6. The number of aromatic amines is 1. The number of fused-ring (bicyclic) bond motifs is 1. The highest BCUT2D eigenvalue weighted by molar-refractivity contribution is 5.78. The summed E-state index contributed by atoms with van der Waals surface area (Å²) < 4.78 is 41.9. The van der Waals surface area contributed by atoms with Gasteiger partial charge in [0.1, 0.15) is 0 Å². The predicted octanol–water partition coefficient (Wildman–Crippen LogP) is 4.37. The fourth-order valence-electron chi connectivity index (χ4n) is 4.68. The Morgan fingerprint density at radius 1 is 1.21 bits per heavy atom. The fourth-order valence-corrected chi connectivity index (χ4v) is 4.68. The van der Waals surface area contributed by atoms with Crippen LogP contribution in [-0.2, 0) is 11.2 Å². The van der Waals surface area contributed by atoms with Crippen LogP contribution >= 0.6 is 0 Å². The van der Waals surface area contributed by atoms with Gasteiger partial charge in [-0.1, -0.05) is 12.1 Å². The summed E-state index contributed by atoms with van der Waals surface area (Å²) in [7, 11) is 3.86. The van der Waals surface area contributed by atoms with Crippen molar-refractivity contribution in [2.24, 2.45) is 5.41 Å². The number of amides is 1. The highest BCUT2D eigenvalue weighted by Crippen LogP contribution is 2.66. The summed E-state index contributed by atoms with van der Waals surface area (Å²) >= 11 is 0. The summed E-state index contributed by atoms with van der Waals surface area (Å²) in [6, 6.07) is 7.74. The van der Waals surface area contributed by atoms with Gasteiger partial charge in [0.05, 0.1) is 17.1 Å². The molecular formula is C25H30F3N5O. The molecule has 0 aliphatic heterocycles. The number of aryl methyl sites for hydroxylation is 1. The number of nitrogens with one attached hydrogen (secondary N) is 2. The molecule has 0 spiro atoms. The summed E-state index contributed by atoms with van der Waals surface area (Å²) in [5.74, 6) is -1.32. The lowest BCUT2D eigenvalue weighted by atomic mass is 9.80. The molecule has 6 nitrogen and oxygen atoms in total. The number of benzene rings is 1. The lowest BCUT2D eigenvalue weighted by molar-refractivity contribution is -0.194. The van der Waals surface area contributed by atoms with Crippen molar-refractivity contribution in [3.63, 3.8) is 0 Å².